The fourth-order valence-electron chi connectivity index (χ4n) is 2.94. The molecule has 0 radical (unpaired) electrons. The van der Waals surface area contributed by atoms with Gasteiger partial charge >= 0.3 is 0 Å². The van der Waals surface area contributed by atoms with E-state index in [9.17, 15) is 13.2 Å². The molecule has 0 unspecified atom stereocenters. The molecule has 0 spiro atoms. The molecule has 1 fully saturated rings. The lowest BCUT2D eigenvalue weighted by atomic mass is 9.93. The van der Waals surface area contributed by atoms with E-state index in [0.29, 0.717) is 11.5 Å². The fourth-order valence-corrected chi connectivity index (χ4v) is 3.84. The molecule has 0 atom stereocenters. The van der Waals surface area contributed by atoms with Gasteiger partial charge in [0.1, 0.15) is 0 Å². The highest BCUT2D eigenvalue weighted by molar-refractivity contribution is 7.89. The summed E-state index contributed by atoms with van der Waals surface area (Å²) in [6.45, 7) is 2.55. The molecule has 6 nitrogen and oxygen atoms in total. The quantitative estimate of drug-likeness (QED) is 0.805. The molecule has 1 aromatic rings. The Bertz CT molecular complexity index is 654. The summed E-state index contributed by atoms with van der Waals surface area (Å²) in [4.78, 5) is 14.6. The second-order valence-corrected chi connectivity index (χ2v) is 8.59. The predicted molar refractivity (Wildman–Crippen MR) is 102 cm³/mol. The minimum atomic E-state index is -3.46. The van der Waals surface area contributed by atoms with Gasteiger partial charge in [0.2, 0.25) is 10.0 Å². The molecule has 1 aliphatic rings. The Morgan fingerprint density at radius 1 is 1.20 bits per heavy atom. The van der Waals surface area contributed by atoms with Crippen LogP contribution in [-0.4, -0.2) is 64.3 Å². The lowest BCUT2D eigenvalue weighted by Crippen LogP contribution is -2.39. The highest BCUT2D eigenvalue weighted by atomic mass is 35.5. The first-order valence-corrected chi connectivity index (χ1v) is 9.76. The third-order valence-corrected chi connectivity index (χ3v) is 6.41. The summed E-state index contributed by atoms with van der Waals surface area (Å²) in [6.07, 6.45) is 3.21. The maximum Gasteiger partial charge on any atom is 0.253 e. The number of amides is 1. The van der Waals surface area contributed by atoms with Crippen LogP contribution in [0.4, 0.5) is 0 Å². The normalized spacial score (nSPS) is 15.9. The first-order chi connectivity index (χ1) is 11.4. The smallest absolute Gasteiger partial charge is 0.253 e. The number of benzene rings is 1. The zero-order valence-electron chi connectivity index (χ0n) is 15.1. The van der Waals surface area contributed by atoms with Crippen LogP contribution in [0, 0.1) is 5.92 Å². The Morgan fingerprint density at radius 2 is 1.76 bits per heavy atom. The number of likely N-dealkylation sites (tertiary alicyclic amines) is 1. The van der Waals surface area contributed by atoms with Crippen LogP contribution in [0.2, 0.25) is 0 Å². The Morgan fingerprint density at radius 3 is 2.24 bits per heavy atom. The van der Waals surface area contributed by atoms with E-state index in [2.05, 4.69) is 5.32 Å². The maximum atomic E-state index is 12.6. The maximum absolute atomic E-state index is 12.6. The van der Waals surface area contributed by atoms with Crippen molar-refractivity contribution in [2.75, 3.05) is 40.8 Å². The van der Waals surface area contributed by atoms with Crippen molar-refractivity contribution in [1.29, 1.82) is 0 Å². The van der Waals surface area contributed by atoms with E-state index < -0.39 is 10.0 Å². The summed E-state index contributed by atoms with van der Waals surface area (Å²) in [7, 11) is 1.48. The summed E-state index contributed by atoms with van der Waals surface area (Å²) in [5, 5.41) is 3.17. The fraction of sp³-hybridized carbons (Fsp3) is 0.588. The minimum absolute atomic E-state index is 0. The second kappa shape index (κ2) is 9.52. The predicted octanol–water partition coefficient (Wildman–Crippen LogP) is 1.82. The zero-order valence-corrected chi connectivity index (χ0v) is 16.7. The van der Waals surface area contributed by atoms with E-state index in [-0.39, 0.29) is 23.2 Å². The van der Waals surface area contributed by atoms with Crippen molar-refractivity contribution in [3.63, 3.8) is 0 Å². The lowest BCUT2D eigenvalue weighted by molar-refractivity contribution is 0.0687. The van der Waals surface area contributed by atoms with Gasteiger partial charge in [-0.15, -0.1) is 12.4 Å². The van der Waals surface area contributed by atoms with Crippen molar-refractivity contribution in [3.8, 4) is 0 Å². The topological polar surface area (TPSA) is 69.7 Å². The van der Waals surface area contributed by atoms with Gasteiger partial charge in [0, 0.05) is 32.7 Å². The largest absolute Gasteiger partial charge is 0.339 e. The van der Waals surface area contributed by atoms with E-state index in [1.807, 2.05) is 11.9 Å². The van der Waals surface area contributed by atoms with Gasteiger partial charge in [-0.25, -0.2) is 12.7 Å². The molecule has 1 heterocycles. The monoisotopic (exact) mass is 389 g/mol. The summed E-state index contributed by atoms with van der Waals surface area (Å²) in [5.41, 5.74) is 0.543. The molecule has 1 amide bonds. The molecule has 142 valence electrons. The van der Waals surface area contributed by atoms with Crippen LogP contribution < -0.4 is 5.32 Å². The van der Waals surface area contributed by atoms with Crippen LogP contribution in [0.5, 0.6) is 0 Å². The Labute approximate surface area is 157 Å². The Hall–Kier alpha value is -1.15. The summed E-state index contributed by atoms with van der Waals surface area (Å²) in [5.74, 6) is 0.657. The number of nitrogens with one attached hydrogen (secondary N) is 1. The van der Waals surface area contributed by atoms with Crippen molar-refractivity contribution in [2.24, 2.45) is 5.92 Å². The van der Waals surface area contributed by atoms with Crippen LogP contribution >= 0.6 is 12.4 Å². The van der Waals surface area contributed by atoms with Crippen LogP contribution in [0.15, 0.2) is 29.2 Å². The first-order valence-electron chi connectivity index (χ1n) is 8.32. The highest BCUT2D eigenvalue weighted by Crippen LogP contribution is 2.22. The van der Waals surface area contributed by atoms with Crippen molar-refractivity contribution in [2.45, 2.75) is 24.2 Å². The molecule has 0 aliphatic carbocycles. The molecule has 0 bridgehead atoms. The van der Waals surface area contributed by atoms with E-state index in [4.69, 9.17) is 0 Å². The number of piperidine rings is 1. The third-order valence-electron chi connectivity index (χ3n) is 4.58. The van der Waals surface area contributed by atoms with Crippen LogP contribution in [0.25, 0.3) is 0 Å². The zero-order chi connectivity index (χ0) is 17.7. The third kappa shape index (κ3) is 5.41. The van der Waals surface area contributed by atoms with Gasteiger partial charge in [0.05, 0.1) is 4.90 Å². The van der Waals surface area contributed by atoms with E-state index in [1.54, 1.807) is 12.1 Å². The first kappa shape index (κ1) is 21.9. The van der Waals surface area contributed by atoms with Crippen molar-refractivity contribution in [3.05, 3.63) is 29.8 Å². The van der Waals surface area contributed by atoms with Gasteiger partial charge in [0.25, 0.3) is 5.91 Å². The second-order valence-electron chi connectivity index (χ2n) is 6.44. The average Bonchev–Trinajstić information content (AvgIpc) is 2.59. The van der Waals surface area contributed by atoms with Crippen molar-refractivity contribution >= 4 is 28.3 Å². The van der Waals surface area contributed by atoms with Crippen LogP contribution in [0.1, 0.15) is 29.6 Å². The van der Waals surface area contributed by atoms with Gasteiger partial charge < -0.3 is 10.2 Å². The standard InChI is InChI=1S/C17H27N3O3S.ClH/c1-18-11-8-14-9-12-20(13-10-14)17(21)15-4-6-16(7-5-15)24(22,23)19(2)3;/h4-7,14,18H,8-13H2,1-3H3;1H. The minimum Gasteiger partial charge on any atom is -0.339 e. The number of nitrogens with zero attached hydrogens (tertiary/aromatic N) is 2. The van der Waals surface area contributed by atoms with Crippen LogP contribution in [-0.2, 0) is 10.0 Å². The average molecular weight is 390 g/mol. The molecule has 25 heavy (non-hydrogen) atoms. The highest BCUT2D eigenvalue weighted by Gasteiger charge is 2.24. The summed E-state index contributed by atoms with van der Waals surface area (Å²) >= 11 is 0. The van der Waals surface area contributed by atoms with Gasteiger partial charge in [-0.1, -0.05) is 0 Å². The molecule has 0 saturated carbocycles. The number of sulfonamides is 1. The molecular formula is C17H28ClN3O3S. The lowest BCUT2D eigenvalue weighted by Gasteiger charge is -2.32. The van der Waals surface area contributed by atoms with E-state index >= 15 is 0 Å². The molecule has 1 saturated heterocycles. The van der Waals surface area contributed by atoms with E-state index in [0.717, 1.165) is 38.9 Å². The molecular weight excluding hydrogens is 362 g/mol. The molecule has 8 heteroatoms. The molecule has 2 rings (SSSR count). The summed E-state index contributed by atoms with van der Waals surface area (Å²) in [6, 6.07) is 6.21. The van der Waals surface area contributed by atoms with Gasteiger partial charge in [-0.05, 0) is 63.0 Å². The number of hydrogen-bond donors (Lipinski definition) is 1. The summed E-state index contributed by atoms with van der Waals surface area (Å²) < 4.78 is 25.3. The molecule has 1 aliphatic heterocycles. The number of carbonyl (C=O) groups excluding carboxylic acids is 1. The van der Waals surface area contributed by atoms with E-state index in [1.165, 1.54) is 30.5 Å². The molecule has 0 aromatic heterocycles. The Kier molecular flexibility index (Phi) is 8.34. The molecule has 1 N–H and O–H groups in total. The van der Waals surface area contributed by atoms with Gasteiger partial charge in [0.15, 0.2) is 0 Å². The van der Waals surface area contributed by atoms with Crippen molar-refractivity contribution < 1.29 is 13.2 Å². The SMILES string of the molecule is CNCCC1CCN(C(=O)c2ccc(S(=O)(=O)N(C)C)cc2)CC1.Cl. The van der Waals surface area contributed by atoms with Crippen LogP contribution in [0.3, 0.4) is 0 Å². The van der Waals surface area contributed by atoms with Crippen molar-refractivity contribution in [1.82, 2.24) is 14.5 Å². The van der Waals surface area contributed by atoms with Gasteiger partial charge in [-0.2, -0.15) is 0 Å². The van der Waals surface area contributed by atoms with Gasteiger partial charge in [-0.3, -0.25) is 4.79 Å². The number of rotatable bonds is 6. The number of hydrogen-bond acceptors (Lipinski definition) is 4. The molecule has 1 aromatic carbocycles. The Balaban J connectivity index is 0.00000312. The number of halogens is 1. The number of carbonyl (C=O) groups is 1.